The molecule has 42 heavy (non-hydrogen) atoms. The van der Waals surface area contributed by atoms with Crippen LogP contribution >= 0.6 is 0 Å². The highest BCUT2D eigenvalue weighted by Gasteiger charge is 2.54. The number of carbonyl (C=O) groups excluding carboxylic acids is 2. The monoisotopic (exact) mass is 574 g/mol. The van der Waals surface area contributed by atoms with Crippen molar-refractivity contribution in [2.75, 3.05) is 14.2 Å². The van der Waals surface area contributed by atoms with Crippen molar-refractivity contribution in [3.05, 3.63) is 58.7 Å². The van der Waals surface area contributed by atoms with Crippen LogP contribution in [-0.2, 0) is 31.6 Å². The molecule has 5 heteroatoms. The minimum absolute atomic E-state index is 0.0427. The van der Waals surface area contributed by atoms with Gasteiger partial charge in [0, 0.05) is 17.9 Å². The van der Waals surface area contributed by atoms with E-state index in [1.807, 2.05) is 18.2 Å². The summed E-state index contributed by atoms with van der Waals surface area (Å²) in [6, 6.07) is 12.6. The first-order chi connectivity index (χ1) is 19.9. The number of fused-ring (bicyclic) bond motifs is 3. The zero-order chi connectivity index (χ0) is 30.4. The Labute approximate surface area is 252 Å². The van der Waals surface area contributed by atoms with Crippen molar-refractivity contribution in [2.45, 2.75) is 109 Å². The lowest BCUT2D eigenvalue weighted by Gasteiger charge is -2.50. The number of methoxy groups -OCH3 is 2. The molecule has 228 valence electrons. The predicted octanol–water partition coefficient (Wildman–Crippen LogP) is 7.95. The molecular weight excluding hydrogens is 524 g/mol. The van der Waals surface area contributed by atoms with E-state index in [0.29, 0.717) is 18.3 Å². The van der Waals surface area contributed by atoms with Crippen molar-refractivity contribution in [1.82, 2.24) is 0 Å². The molecule has 2 aromatic rings. The normalized spacial score (nSPS) is 29.5. The summed E-state index contributed by atoms with van der Waals surface area (Å²) in [4.78, 5) is 27.8. The van der Waals surface area contributed by atoms with Crippen molar-refractivity contribution >= 4 is 11.8 Å². The van der Waals surface area contributed by atoms with Crippen molar-refractivity contribution in [3.8, 4) is 11.5 Å². The number of ether oxygens (including phenoxy) is 3. The second-order valence-electron chi connectivity index (χ2n) is 14.3. The highest BCUT2D eigenvalue weighted by molar-refractivity contribution is 6.00. The average Bonchev–Trinajstić information content (AvgIpc) is 2.96. The Morgan fingerprint density at radius 1 is 1.00 bits per heavy atom. The van der Waals surface area contributed by atoms with Crippen molar-refractivity contribution < 1.29 is 23.8 Å². The van der Waals surface area contributed by atoms with Gasteiger partial charge in [0.05, 0.1) is 14.2 Å². The maximum Gasteiger partial charge on any atom is 0.317 e. The second kappa shape index (κ2) is 11.7. The predicted molar refractivity (Wildman–Crippen MR) is 166 cm³/mol. The molecule has 2 saturated carbocycles. The van der Waals surface area contributed by atoms with Crippen LogP contribution in [0.25, 0.3) is 0 Å². The molecule has 0 amide bonds. The third-order valence-corrected chi connectivity index (χ3v) is 11.2. The van der Waals surface area contributed by atoms with Gasteiger partial charge in [0.15, 0.2) is 0 Å². The van der Waals surface area contributed by atoms with Crippen LogP contribution in [0.3, 0.4) is 0 Å². The van der Waals surface area contributed by atoms with Gasteiger partial charge in [-0.3, -0.25) is 9.59 Å². The number of ketones is 1. The van der Waals surface area contributed by atoms with Gasteiger partial charge >= 0.3 is 5.97 Å². The fraction of sp³-hybridized carbons (Fsp3) is 0.622. The van der Waals surface area contributed by atoms with Crippen LogP contribution in [0.15, 0.2) is 36.4 Å². The highest BCUT2D eigenvalue weighted by atomic mass is 16.5. The molecule has 0 radical (unpaired) electrons. The van der Waals surface area contributed by atoms with Crippen molar-refractivity contribution in [3.63, 3.8) is 0 Å². The summed E-state index contributed by atoms with van der Waals surface area (Å²) in [5, 5.41) is 0. The highest BCUT2D eigenvalue weighted by Crippen LogP contribution is 2.54. The molecule has 0 bridgehead atoms. The first-order valence-electron chi connectivity index (χ1n) is 16.0. The van der Waals surface area contributed by atoms with E-state index < -0.39 is 5.92 Å². The number of esters is 1. The molecule has 6 atom stereocenters. The third kappa shape index (κ3) is 5.15. The van der Waals surface area contributed by atoms with E-state index in [4.69, 9.17) is 14.2 Å². The Hall–Kier alpha value is -2.82. The average molecular weight is 575 g/mol. The van der Waals surface area contributed by atoms with Gasteiger partial charge in [-0.25, -0.2) is 0 Å². The van der Waals surface area contributed by atoms with Gasteiger partial charge in [-0.15, -0.1) is 0 Å². The van der Waals surface area contributed by atoms with E-state index in [-0.39, 0.29) is 40.5 Å². The maximum atomic E-state index is 14.2. The molecular formula is C37H50O5. The summed E-state index contributed by atoms with van der Waals surface area (Å²) in [5.74, 6) is 1.73. The second-order valence-corrected chi connectivity index (χ2v) is 14.3. The molecule has 5 rings (SSSR count). The Kier molecular flexibility index (Phi) is 8.53. The number of benzene rings is 2. The summed E-state index contributed by atoms with van der Waals surface area (Å²) >= 11 is 0. The number of Topliss-reactive ketones (excluding diaryl/α,β-unsaturated/α-hetero) is 1. The molecule has 0 spiro atoms. The molecule has 5 nitrogen and oxygen atoms in total. The molecule has 0 saturated heterocycles. The summed E-state index contributed by atoms with van der Waals surface area (Å²) in [5.41, 5.74) is 4.31. The van der Waals surface area contributed by atoms with Gasteiger partial charge in [-0.05, 0) is 83.4 Å². The van der Waals surface area contributed by atoms with Crippen LogP contribution in [0.5, 0.6) is 11.5 Å². The topological polar surface area (TPSA) is 61.8 Å². The Morgan fingerprint density at radius 2 is 1.74 bits per heavy atom. The Balaban J connectivity index is 1.45. The van der Waals surface area contributed by atoms with Crippen LogP contribution in [-0.4, -0.2) is 32.1 Å². The maximum absolute atomic E-state index is 14.2. The quantitative estimate of drug-likeness (QED) is 0.248. The number of hydrogen-bond acceptors (Lipinski definition) is 5. The summed E-state index contributed by atoms with van der Waals surface area (Å²) in [7, 11) is 3.47. The molecule has 3 aliphatic rings. The lowest BCUT2D eigenvalue weighted by Crippen LogP contribution is -2.52. The molecule has 2 aromatic carbocycles. The van der Waals surface area contributed by atoms with Crippen molar-refractivity contribution in [2.24, 2.45) is 23.7 Å². The van der Waals surface area contributed by atoms with Crippen LogP contribution in [0.4, 0.5) is 0 Å². The fourth-order valence-corrected chi connectivity index (χ4v) is 8.74. The SMILES string of the molecule is COc1ccccc1C(C)(C)[C@@H]1CC[C@@H](C)C[C@@H]1OC(=O)[C@@H]1C(=O)CC[C@]2(C)c3ccc(C(C)C)c(OC)c3CC[C@@H]12. The lowest BCUT2D eigenvalue weighted by atomic mass is 9.54. The zero-order valence-corrected chi connectivity index (χ0v) is 26.9. The Bertz CT molecular complexity index is 1330. The van der Waals surface area contributed by atoms with Gasteiger partial charge in [0.2, 0.25) is 0 Å². The van der Waals surface area contributed by atoms with Crippen LogP contribution in [0, 0.1) is 23.7 Å². The fourth-order valence-electron chi connectivity index (χ4n) is 8.74. The minimum atomic E-state index is -0.722. The van der Waals surface area contributed by atoms with Gasteiger partial charge in [0.1, 0.15) is 29.3 Å². The van der Waals surface area contributed by atoms with Crippen molar-refractivity contribution in [1.29, 1.82) is 0 Å². The summed E-state index contributed by atoms with van der Waals surface area (Å²) in [6.45, 7) is 13.4. The lowest BCUT2D eigenvalue weighted by molar-refractivity contribution is -0.169. The molecule has 0 unspecified atom stereocenters. The smallest absolute Gasteiger partial charge is 0.317 e. The summed E-state index contributed by atoms with van der Waals surface area (Å²) in [6.07, 6.45) is 5.37. The van der Waals surface area contributed by atoms with Crippen LogP contribution < -0.4 is 9.47 Å². The molecule has 0 aromatic heterocycles. The van der Waals surface area contributed by atoms with E-state index >= 15 is 0 Å². The molecule has 2 fully saturated rings. The van der Waals surface area contributed by atoms with Gasteiger partial charge in [-0.2, -0.15) is 0 Å². The largest absolute Gasteiger partial charge is 0.496 e. The van der Waals surface area contributed by atoms with E-state index in [9.17, 15) is 9.59 Å². The summed E-state index contributed by atoms with van der Waals surface area (Å²) < 4.78 is 18.2. The van der Waals surface area contributed by atoms with Crippen LogP contribution in [0.2, 0.25) is 0 Å². The van der Waals surface area contributed by atoms with Gasteiger partial charge in [0.25, 0.3) is 0 Å². The molecule has 0 N–H and O–H groups in total. The van der Waals surface area contributed by atoms with E-state index in [1.165, 1.54) is 16.7 Å². The van der Waals surface area contributed by atoms with Gasteiger partial charge < -0.3 is 14.2 Å². The number of rotatable bonds is 7. The van der Waals surface area contributed by atoms with E-state index in [1.54, 1.807) is 14.2 Å². The first-order valence-corrected chi connectivity index (χ1v) is 16.0. The molecule has 3 aliphatic carbocycles. The standard InChI is InChI=1S/C37H50O5/c1-22(2)24-14-17-26-25(34(24)41-8)15-18-29-33(30(38)19-20-37(26,29)6)35(39)42-32-21-23(3)13-16-28(32)36(4,5)27-11-9-10-12-31(27)40-7/h9-12,14,17,22-23,28-29,32-33H,13,15-16,18-21H2,1-8H3/t23-,28-,29+,32+,33+,37-/m1/s1. The zero-order valence-electron chi connectivity index (χ0n) is 26.9. The molecule has 0 aliphatic heterocycles. The minimum Gasteiger partial charge on any atom is -0.496 e. The number of hydrogen-bond donors (Lipinski definition) is 0. The van der Waals surface area contributed by atoms with Gasteiger partial charge in [-0.1, -0.05) is 78.3 Å². The Morgan fingerprint density at radius 3 is 2.43 bits per heavy atom. The number of para-hydroxylation sites is 1. The first kappa shape index (κ1) is 30.6. The van der Waals surface area contributed by atoms with Crippen LogP contribution in [0.1, 0.15) is 108 Å². The number of carbonyl (C=O) groups is 2. The van der Waals surface area contributed by atoms with E-state index in [0.717, 1.165) is 55.6 Å². The molecule has 0 heterocycles. The van der Waals surface area contributed by atoms with E-state index in [2.05, 4.69) is 59.7 Å². The third-order valence-electron chi connectivity index (χ3n) is 11.2.